The number of allylic oxidation sites excluding steroid dienone is 1. The molecule has 1 nitrogen and oxygen atoms in total. The Morgan fingerprint density at radius 3 is 2.47 bits per heavy atom. The molecule has 15 heavy (non-hydrogen) atoms. The van der Waals surface area contributed by atoms with Crippen LogP contribution in [-0.4, -0.2) is 18.0 Å². The topological polar surface area (TPSA) is 3.24 Å². The molecule has 2 rings (SSSR count). The minimum absolute atomic E-state index is 0.646. The van der Waals surface area contributed by atoms with E-state index in [1.165, 1.54) is 25.9 Å². The van der Waals surface area contributed by atoms with Crippen molar-refractivity contribution in [3.8, 4) is 11.8 Å². The maximum absolute atomic E-state index is 4.00. The highest BCUT2D eigenvalue weighted by Crippen LogP contribution is 2.54. The summed E-state index contributed by atoms with van der Waals surface area (Å²) >= 11 is 0. The van der Waals surface area contributed by atoms with Gasteiger partial charge in [-0.3, -0.25) is 0 Å². The Hall–Kier alpha value is -0.900. The van der Waals surface area contributed by atoms with Crippen molar-refractivity contribution in [1.29, 1.82) is 0 Å². The van der Waals surface area contributed by atoms with Gasteiger partial charge < -0.3 is 4.90 Å². The molecule has 1 heteroatoms. The van der Waals surface area contributed by atoms with Crippen LogP contribution in [0.25, 0.3) is 0 Å². The van der Waals surface area contributed by atoms with Gasteiger partial charge in [-0.25, -0.2) is 0 Å². The Balaban J connectivity index is 1.79. The normalized spacial score (nSPS) is 23.1. The van der Waals surface area contributed by atoms with Crippen molar-refractivity contribution < 1.29 is 0 Å². The molecule has 1 heterocycles. The zero-order chi connectivity index (χ0) is 11.1. The average molecular weight is 203 g/mol. The van der Waals surface area contributed by atoms with Gasteiger partial charge in [-0.15, -0.1) is 0 Å². The van der Waals surface area contributed by atoms with Gasteiger partial charge in [0.2, 0.25) is 0 Å². The van der Waals surface area contributed by atoms with Crippen LogP contribution < -0.4 is 0 Å². The van der Waals surface area contributed by atoms with Crippen molar-refractivity contribution in [2.45, 2.75) is 33.6 Å². The van der Waals surface area contributed by atoms with Crippen LogP contribution in [0.5, 0.6) is 0 Å². The van der Waals surface area contributed by atoms with E-state index in [2.05, 4.69) is 37.2 Å². The molecule has 0 radical (unpaired) electrons. The predicted molar refractivity (Wildman–Crippen MR) is 64.2 cm³/mol. The van der Waals surface area contributed by atoms with Gasteiger partial charge in [0.05, 0.1) is 5.70 Å². The van der Waals surface area contributed by atoms with Gasteiger partial charge in [0.1, 0.15) is 0 Å². The molecule has 0 aromatic heterocycles. The summed E-state index contributed by atoms with van der Waals surface area (Å²) in [5.41, 5.74) is 1.66. The van der Waals surface area contributed by atoms with E-state index in [4.69, 9.17) is 0 Å². The number of hydrogen-bond acceptors (Lipinski definition) is 1. The molecule has 82 valence electrons. The van der Waals surface area contributed by atoms with Crippen molar-refractivity contribution in [2.75, 3.05) is 13.1 Å². The van der Waals surface area contributed by atoms with Gasteiger partial charge in [-0.1, -0.05) is 32.3 Å². The van der Waals surface area contributed by atoms with E-state index >= 15 is 0 Å². The molecule has 0 bridgehead atoms. The number of nitrogens with zero attached hydrogens (tertiary/aromatic N) is 1. The lowest BCUT2D eigenvalue weighted by molar-refractivity contribution is -0.0877. The van der Waals surface area contributed by atoms with Crippen LogP contribution in [0.4, 0.5) is 0 Å². The molecule has 1 spiro atoms. The molecule has 2 fully saturated rings. The molecule has 0 unspecified atom stereocenters. The molecule has 1 aliphatic heterocycles. The summed E-state index contributed by atoms with van der Waals surface area (Å²) in [7, 11) is 0. The second kappa shape index (κ2) is 3.59. The van der Waals surface area contributed by atoms with Gasteiger partial charge >= 0.3 is 0 Å². The maximum Gasteiger partial charge on any atom is 0.0806 e. The SMILES string of the molecule is C=C(C#CC)N1CC2(CC(C(C)C)C2)C1. The fourth-order valence-electron chi connectivity index (χ4n) is 2.96. The van der Waals surface area contributed by atoms with E-state index in [1.807, 2.05) is 6.92 Å². The number of likely N-dealkylation sites (tertiary alicyclic amines) is 1. The summed E-state index contributed by atoms with van der Waals surface area (Å²) in [6.45, 7) is 13.0. The molecular weight excluding hydrogens is 182 g/mol. The fraction of sp³-hybridized carbons (Fsp3) is 0.714. The largest absolute Gasteiger partial charge is 0.364 e. The monoisotopic (exact) mass is 203 g/mol. The quantitative estimate of drug-likeness (QED) is 0.624. The number of hydrogen-bond donors (Lipinski definition) is 0. The first kappa shape index (κ1) is 10.6. The second-order valence-electron chi connectivity index (χ2n) is 5.59. The number of rotatable bonds is 2. The summed E-state index contributed by atoms with van der Waals surface area (Å²) in [6, 6.07) is 0. The first-order valence-corrected chi connectivity index (χ1v) is 5.93. The smallest absolute Gasteiger partial charge is 0.0806 e. The zero-order valence-corrected chi connectivity index (χ0v) is 10.1. The lowest BCUT2D eigenvalue weighted by Gasteiger charge is -2.60. The third-order valence-corrected chi connectivity index (χ3v) is 4.04. The van der Waals surface area contributed by atoms with Gasteiger partial charge in [-0.05, 0) is 31.6 Å². The van der Waals surface area contributed by atoms with E-state index < -0.39 is 0 Å². The molecule has 0 amide bonds. The van der Waals surface area contributed by atoms with Crippen LogP contribution in [0.2, 0.25) is 0 Å². The van der Waals surface area contributed by atoms with Crippen LogP contribution in [0, 0.1) is 29.1 Å². The first-order valence-electron chi connectivity index (χ1n) is 5.93. The van der Waals surface area contributed by atoms with Crippen molar-refractivity contribution in [3.05, 3.63) is 12.3 Å². The van der Waals surface area contributed by atoms with Crippen molar-refractivity contribution in [3.63, 3.8) is 0 Å². The molecule has 1 saturated heterocycles. The van der Waals surface area contributed by atoms with E-state index in [-0.39, 0.29) is 0 Å². The summed E-state index contributed by atoms with van der Waals surface area (Å²) in [5.74, 6) is 7.80. The highest BCUT2D eigenvalue weighted by atomic mass is 15.2. The van der Waals surface area contributed by atoms with Crippen molar-refractivity contribution in [1.82, 2.24) is 4.90 Å². The molecule has 2 aliphatic rings. The van der Waals surface area contributed by atoms with E-state index in [1.54, 1.807) is 0 Å². The molecule has 0 N–H and O–H groups in total. The summed E-state index contributed by atoms with van der Waals surface area (Å²) in [4.78, 5) is 2.33. The van der Waals surface area contributed by atoms with Gasteiger partial charge in [0, 0.05) is 18.5 Å². The second-order valence-corrected chi connectivity index (χ2v) is 5.59. The van der Waals surface area contributed by atoms with Crippen LogP contribution in [0.15, 0.2) is 12.3 Å². The average Bonchev–Trinajstić information content (AvgIpc) is 1.98. The van der Waals surface area contributed by atoms with E-state index in [0.29, 0.717) is 5.41 Å². The summed E-state index contributed by atoms with van der Waals surface area (Å²) in [6.07, 6.45) is 2.85. The Morgan fingerprint density at radius 2 is 2.00 bits per heavy atom. The van der Waals surface area contributed by atoms with E-state index in [0.717, 1.165) is 17.5 Å². The van der Waals surface area contributed by atoms with Crippen molar-refractivity contribution in [2.24, 2.45) is 17.3 Å². The van der Waals surface area contributed by atoms with Crippen LogP contribution in [-0.2, 0) is 0 Å². The van der Waals surface area contributed by atoms with Crippen LogP contribution in [0.1, 0.15) is 33.6 Å². The molecule has 1 saturated carbocycles. The lowest BCUT2D eigenvalue weighted by Crippen LogP contribution is -2.62. The first-order chi connectivity index (χ1) is 7.06. The maximum atomic E-state index is 4.00. The summed E-state index contributed by atoms with van der Waals surface area (Å²) < 4.78 is 0. The third-order valence-electron chi connectivity index (χ3n) is 4.04. The molecule has 0 aromatic carbocycles. The van der Waals surface area contributed by atoms with Gasteiger partial charge in [-0.2, -0.15) is 0 Å². The Labute approximate surface area is 93.5 Å². The Morgan fingerprint density at radius 1 is 1.40 bits per heavy atom. The van der Waals surface area contributed by atoms with Crippen LogP contribution in [0.3, 0.4) is 0 Å². The van der Waals surface area contributed by atoms with Crippen LogP contribution >= 0.6 is 0 Å². The minimum Gasteiger partial charge on any atom is -0.364 e. The third kappa shape index (κ3) is 1.78. The highest BCUT2D eigenvalue weighted by Gasteiger charge is 2.52. The minimum atomic E-state index is 0.646. The fourth-order valence-corrected chi connectivity index (χ4v) is 2.96. The lowest BCUT2D eigenvalue weighted by atomic mass is 9.55. The molecule has 0 aromatic rings. The zero-order valence-electron chi connectivity index (χ0n) is 10.1. The van der Waals surface area contributed by atoms with Gasteiger partial charge in [0.25, 0.3) is 0 Å². The summed E-state index contributed by atoms with van der Waals surface area (Å²) in [5, 5.41) is 0. The standard InChI is InChI=1S/C14H21N/c1-5-6-12(4)15-9-14(10-15)7-13(8-14)11(2)3/h11,13H,4,7-10H2,1-3H3. The van der Waals surface area contributed by atoms with Crippen molar-refractivity contribution >= 4 is 0 Å². The predicted octanol–water partition coefficient (Wildman–Crippen LogP) is 2.89. The Bertz CT molecular complexity index is 315. The molecular formula is C14H21N. The van der Waals surface area contributed by atoms with Gasteiger partial charge in [0.15, 0.2) is 0 Å². The Kier molecular flexibility index (Phi) is 2.54. The highest BCUT2D eigenvalue weighted by molar-refractivity contribution is 5.27. The van der Waals surface area contributed by atoms with E-state index in [9.17, 15) is 0 Å². The molecule has 1 aliphatic carbocycles. The molecule has 0 atom stereocenters.